The third kappa shape index (κ3) is 1.66. The quantitative estimate of drug-likeness (QED) is 0.646. The average molecular weight is 168 g/mol. The molecule has 6 heteroatoms. The first-order chi connectivity index (χ1) is 5.77. The van der Waals surface area contributed by atoms with E-state index in [2.05, 4.69) is 15.5 Å². The number of hydrogen-bond donors (Lipinski definition) is 1. The van der Waals surface area contributed by atoms with Gasteiger partial charge in [-0.1, -0.05) is 0 Å². The molecule has 1 aromatic rings. The third-order valence-electron chi connectivity index (χ3n) is 1.37. The van der Waals surface area contributed by atoms with Gasteiger partial charge in [0.25, 0.3) is 5.95 Å². The van der Waals surface area contributed by atoms with Crippen molar-refractivity contribution in [3.05, 3.63) is 17.3 Å². The second-order valence-electron chi connectivity index (χ2n) is 2.12. The minimum atomic E-state index is -0.196. The SMILES string of the molecule is CNC(=O)Cn1ccnc1N=O. The molecule has 0 bridgehead atoms. The molecular formula is C6H8N4O2. The highest BCUT2D eigenvalue weighted by Gasteiger charge is 2.05. The van der Waals surface area contributed by atoms with Crippen molar-refractivity contribution < 1.29 is 4.79 Å². The molecule has 1 N–H and O–H groups in total. The van der Waals surface area contributed by atoms with Gasteiger partial charge in [-0.05, 0) is 0 Å². The van der Waals surface area contributed by atoms with E-state index in [0.717, 1.165) is 0 Å². The van der Waals surface area contributed by atoms with Gasteiger partial charge < -0.3 is 9.88 Å². The van der Waals surface area contributed by atoms with E-state index < -0.39 is 0 Å². The van der Waals surface area contributed by atoms with Crippen molar-refractivity contribution in [2.24, 2.45) is 5.18 Å². The maximum atomic E-state index is 10.8. The Hall–Kier alpha value is -1.72. The molecule has 64 valence electrons. The van der Waals surface area contributed by atoms with Gasteiger partial charge >= 0.3 is 0 Å². The van der Waals surface area contributed by atoms with E-state index in [9.17, 15) is 9.70 Å². The summed E-state index contributed by atoms with van der Waals surface area (Å²) in [5.74, 6) is -0.184. The Morgan fingerprint density at radius 3 is 3.17 bits per heavy atom. The normalized spacial score (nSPS) is 9.42. The number of rotatable bonds is 3. The second kappa shape index (κ2) is 3.61. The summed E-state index contributed by atoms with van der Waals surface area (Å²) in [7, 11) is 1.52. The van der Waals surface area contributed by atoms with Crippen molar-refractivity contribution in [2.75, 3.05) is 7.05 Å². The molecule has 0 aliphatic heterocycles. The summed E-state index contributed by atoms with van der Waals surface area (Å²) in [4.78, 5) is 24.6. The topological polar surface area (TPSA) is 76.3 Å². The zero-order chi connectivity index (χ0) is 8.97. The molecule has 0 aromatic carbocycles. The molecule has 6 nitrogen and oxygen atoms in total. The third-order valence-corrected chi connectivity index (χ3v) is 1.37. The van der Waals surface area contributed by atoms with Crippen molar-refractivity contribution in [1.82, 2.24) is 14.9 Å². The summed E-state index contributed by atoms with van der Waals surface area (Å²) < 4.78 is 1.37. The Labute approximate surface area is 68.6 Å². The number of imidazole rings is 1. The number of nitrogens with zero attached hydrogens (tertiary/aromatic N) is 3. The minimum Gasteiger partial charge on any atom is -0.358 e. The average Bonchev–Trinajstić information content (AvgIpc) is 2.51. The van der Waals surface area contributed by atoms with Crippen molar-refractivity contribution in [2.45, 2.75) is 6.54 Å². The maximum Gasteiger partial charge on any atom is 0.272 e. The fourth-order valence-electron chi connectivity index (χ4n) is 0.754. The standard InChI is InChI=1S/C6H8N4O2/c1-7-5(11)4-10-3-2-8-6(10)9-12/h2-3H,4H2,1H3,(H,7,11). The summed E-state index contributed by atoms with van der Waals surface area (Å²) in [6, 6.07) is 0. The Bertz CT molecular complexity index is 293. The number of carbonyl (C=O) groups excluding carboxylic acids is 1. The van der Waals surface area contributed by atoms with E-state index in [1.807, 2.05) is 0 Å². The van der Waals surface area contributed by atoms with E-state index in [1.165, 1.54) is 24.0 Å². The molecule has 1 rings (SSSR count). The Morgan fingerprint density at radius 2 is 2.58 bits per heavy atom. The highest BCUT2D eigenvalue weighted by atomic mass is 16.3. The number of aromatic nitrogens is 2. The molecule has 0 spiro atoms. The molecule has 0 saturated heterocycles. The van der Waals surface area contributed by atoms with Crippen LogP contribution in [0.1, 0.15) is 0 Å². The summed E-state index contributed by atoms with van der Waals surface area (Å²) in [6.45, 7) is 0.0670. The Kier molecular flexibility index (Phi) is 2.52. The van der Waals surface area contributed by atoms with Crippen molar-refractivity contribution >= 4 is 11.9 Å². The summed E-state index contributed by atoms with van der Waals surface area (Å²) in [6.07, 6.45) is 2.94. The van der Waals surface area contributed by atoms with Crippen molar-refractivity contribution in [3.8, 4) is 0 Å². The lowest BCUT2D eigenvalue weighted by atomic mass is 10.6. The predicted molar refractivity (Wildman–Crippen MR) is 41.7 cm³/mol. The molecule has 0 atom stereocenters. The fraction of sp³-hybridized carbons (Fsp3) is 0.333. The van der Waals surface area contributed by atoms with Crippen LogP contribution < -0.4 is 5.32 Å². The van der Waals surface area contributed by atoms with Crippen LogP contribution in [0.15, 0.2) is 17.6 Å². The van der Waals surface area contributed by atoms with Gasteiger partial charge in [-0.25, -0.2) is 4.98 Å². The van der Waals surface area contributed by atoms with Crippen LogP contribution in [-0.2, 0) is 11.3 Å². The summed E-state index contributed by atoms with van der Waals surface area (Å²) in [5, 5.41) is 5.06. The molecule has 0 radical (unpaired) electrons. The number of nitroso groups, excluding NO2 is 1. The summed E-state index contributed by atoms with van der Waals surface area (Å²) in [5.41, 5.74) is 0. The largest absolute Gasteiger partial charge is 0.358 e. The number of nitrogens with one attached hydrogen (secondary N) is 1. The first-order valence-electron chi connectivity index (χ1n) is 3.33. The van der Waals surface area contributed by atoms with Gasteiger partial charge in [0.1, 0.15) is 6.54 Å². The molecule has 0 fully saturated rings. The maximum absolute atomic E-state index is 10.8. The fourth-order valence-corrected chi connectivity index (χ4v) is 0.754. The summed E-state index contributed by atoms with van der Waals surface area (Å²) >= 11 is 0. The Morgan fingerprint density at radius 1 is 1.83 bits per heavy atom. The zero-order valence-corrected chi connectivity index (χ0v) is 6.52. The van der Waals surface area contributed by atoms with Crippen LogP contribution in [-0.4, -0.2) is 22.5 Å². The van der Waals surface area contributed by atoms with E-state index in [0.29, 0.717) is 0 Å². The van der Waals surface area contributed by atoms with Crippen LogP contribution in [0.25, 0.3) is 0 Å². The lowest BCUT2D eigenvalue weighted by molar-refractivity contribution is -0.121. The van der Waals surface area contributed by atoms with Crippen molar-refractivity contribution in [3.63, 3.8) is 0 Å². The van der Waals surface area contributed by atoms with E-state index in [-0.39, 0.29) is 18.4 Å². The van der Waals surface area contributed by atoms with Gasteiger partial charge in [0.2, 0.25) is 5.91 Å². The van der Waals surface area contributed by atoms with E-state index in [1.54, 1.807) is 0 Å². The number of amides is 1. The molecule has 1 amide bonds. The van der Waals surface area contributed by atoms with Gasteiger partial charge in [0.15, 0.2) is 0 Å². The smallest absolute Gasteiger partial charge is 0.272 e. The Balaban J connectivity index is 2.74. The number of hydrogen-bond acceptors (Lipinski definition) is 4. The molecule has 12 heavy (non-hydrogen) atoms. The van der Waals surface area contributed by atoms with Crippen LogP contribution in [0.4, 0.5) is 5.95 Å². The van der Waals surface area contributed by atoms with Crippen molar-refractivity contribution in [1.29, 1.82) is 0 Å². The van der Waals surface area contributed by atoms with Crippen LogP contribution in [0.5, 0.6) is 0 Å². The number of likely N-dealkylation sites (N-methyl/N-ethyl adjacent to an activating group) is 1. The van der Waals surface area contributed by atoms with Crippen LogP contribution >= 0.6 is 0 Å². The van der Waals surface area contributed by atoms with Crippen LogP contribution in [0.2, 0.25) is 0 Å². The van der Waals surface area contributed by atoms with Gasteiger partial charge in [-0.2, -0.15) is 0 Å². The van der Waals surface area contributed by atoms with E-state index >= 15 is 0 Å². The molecule has 1 heterocycles. The highest BCUT2D eigenvalue weighted by molar-refractivity contribution is 5.75. The van der Waals surface area contributed by atoms with Crippen LogP contribution in [0, 0.1) is 4.91 Å². The molecule has 0 unspecified atom stereocenters. The van der Waals surface area contributed by atoms with Gasteiger partial charge in [0, 0.05) is 24.6 Å². The first kappa shape index (κ1) is 8.38. The molecule has 1 aromatic heterocycles. The lowest BCUT2D eigenvalue weighted by Gasteiger charge is -2.00. The predicted octanol–water partition coefficient (Wildman–Crippen LogP) is 0.0270. The molecular weight excluding hydrogens is 160 g/mol. The molecule has 0 aliphatic rings. The minimum absolute atomic E-state index is 0.0126. The van der Waals surface area contributed by atoms with Gasteiger partial charge in [0.05, 0.1) is 0 Å². The molecule has 0 saturated carbocycles. The number of carbonyl (C=O) groups is 1. The second-order valence-corrected chi connectivity index (χ2v) is 2.12. The highest BCUT2D eigenvalue weighted by Crippen LogP contribution is 2.06. The van der Waals surface area contributed by atoms with Gasteiger partial charge in [-0.3, -0.25) is 4.79 Å². The first-order valence-corrected chi connectivity index (χ1v) is 3.33. The van der Waals surface area contributed by atoms with Crippen LogP contribution in [0.3, 0.4) is 0 Å². The van der Waals surface area contributed by atoms with Gasteiger partial charge in [-0.15, -0.1) is 4.91 Å². The van der Waals surface area contributed by atoms with E-state index in [4.69, 9.17) is 0 Å². The monoisotopic (exact) mass is 168 g/mol. The molecule has 0 aliphatic carbocycles. The lowest BCUT2D eigenvalue weighted by Crippen LogP contribution is -2.22. The zero-order valence-electron chi connectivity index (χ0n) is 6.52.